The number of hydrogen-bond acceptors (Lipinski definition) is 5. The highest BCUT2D eigenvalue weighted by Gasteiger charge is 2.07. The van der Waals surface area contributed by atoms with E-state index in [0.717, 1.165) is 4.68 Å². The third kappa shape index (κ3) is 2.43. The number of rotatable bonds is 3. The smallest absolute Gasteiger partial charge is 0.248 e. The van der Waals surface area contributed by atoms with E-state index in [1.165, 1.54) is 6.33 Å². The van der Waals surface area contributed by atoms with Crippen LogP contribution in [0.15, 0.2) is 6.33 Å². The molecule has 1 heterocycles. The second-order valence-electron chi connectivity index (χ2n) is 2.24. The zero-order chi connectivity index (χ0) is 9.84. The van der Waals surface area contributed by atoms with Crippen LogP contribution in [0.25, 0.3) is 0 Å². The highest BCUT2D eigenvalue weighted by atomic mass is 16.2. The van der Waals surface area contributed by atoms with E-state index in [0.29, 0.717) is 0 Å². The molecule has 0 unspecified atom stereocenters. The number of aromatic nitrogens is 3. The van der Waals surface area contributed by atoms with Gasteiger partial charge in [-0.25, -0.2) is 4.68 Å². The van der Waals surface area contributed by atoms with Crippen LogP contribution in [0.5, 0.6) is 0 Å². The molecule has 1 aromatic heterocycles. The van der Waals surface area contributed by atoms with Gasteiger partial charge < -0.3 is 11.5 Å². The first kappa shape index (κ1) is 8.97. The summed E-state index contributed by atoms with van der Waals surface area (Å²) in [4.78, 5) is 21.2. The van der Waals surface area contributed by atoms with Gasteiger partial charge in [0.05, 0.1) is 0 Å². The summed E-state index contributed by atoms with van der Waals surface area (Å²) in [5, 5.41) is 6.82. The minimum Gasteiger partial charge on any atom is -0.369 e. The maximum absolute atomic E-state index is 10.9. The van der Waals surface area contributed by atoms with E-state index in [1.54, 1.807) is 0 Å². The van der Waals surface area contributed by atoms with Crippen LogP contribution in [0, 0.1) is 0 Å². The molecular formula is C5H8N6O2. The van der Waals surface area contributed by atoms with Gasteiger partial charge in [0.25, 0.3) is 0 Å². The van der Waals surface area contributed by atoms with Crippen molar-refractivity contribution in [3.8, 4) is 0 Å². The van der Waals surface area contributed by atoms with Gasteiger partial charge in [0.2, 0.25) is 17.8 Å². The van der Waals surface area contributed by atoms with E-state index < -0.39 is 18.2 Å². The van der Waals surface area contributed by atoms with Gasteiger partial charge in [-0.05, 0) is 0 Å². The minimum atomic E-state index is -0.718. The van der Waals surface area contributed by atoms with E-state index in [9.17, 15) is 9.59 Å². The fourth-order valence-electron chi connectivity index (χ4n) is 0.662. The van der Waals surface area contributed by atoms with Crippen LogP contribution in [0.2, 0.25) is 0 Å². The van der Waals surface area contributed by atoms with E-state index in [1.807, 2.05) is 0 Å². The zero-order valence-electron chi connectivity index (χ0n) is 6.60. The molecule has 0 fully saturated rings. The standard InChI is InChI=1S/C5H8N6O2/c6-3(12)1-4(13)10-11-2-8-9-5(11)7/h2H,1H2,(H2,6,12)(H2,7,9)(H,10,13). The van der Waals surface area contributed by atoms with Crippen LogP contribution in [0.1, 0.15) is 6.42 Å². The molecule has 0 saturated heterocycles. The quantitative estimate of drug-likeness (QED) is 0.459. The average Bonchev–Trinajstić information content (AvgIpc) is 2.34. The maximum Gasteiger partial charge on any atom is 0.248 e. The summed E-state index contributed by atoms with van der Waals surface area (Å²) in [6, 6.07) is 0. The number of carbonyl (C=O) groups excluding carboxylic acids is 2. The third-order valence-electron chi connectivity index (χ3n) is 1.15. The largest absolute Gasteiger partial charge is 0.369 e. The second-order valence-corrected chi connectivity index (χ2v) is 2.24. The molecule has 1 rings (SSSR count). The summed E-state index contributed by atoms with van der Waals surface area (Å²) in [5.41, 5.74) is 12.3. The molecule has 0 spiro atoms. The molecule has 0 saturated carbocycles. The van der Waals surface area contributed by atoms with Crippen LogP contribution in [0.4, 0.5) is 5.95 Å². The molecule has 0 atom stereocenters. The normalized spacial score (nSPS) is 9.54. The first-order valence-corrected chi connectivity index (χ1v) is 3.33. The summed E-state index contributed by atoms with van der Waals surface area (Å²) >= 11 is 0. The fraction of sp³-hybridized carbons (Fsp3) is 0.200. The van der Waals surface area contributed by atoms with Crippen LogP contribution in [-0.4, -0.2) is 26.7 Å². The molecule has 5 N–H and O–H groups in total. The average molecular weight is 184 g/mol. The topological polar surface area (TPSA) is 129 Å². The Morgan fingerprint density at radius 3 is 2.77 bits per heavy atom. The number of nitrogens with one attached hydrogen (secondary N) is 1. The molecule has 0 bridgehead atoms. The molecular weight excluding hydrogens is 176 g/mol. The molecule has 0 aliphatic carbocycles. The number of amides is 2. The molecule has 1 aromatic rings. The van der Waals surface area contributed by atoms with Crippen LogP contribution >= 0.6 is 0 Å². The first-order valence-electron chi connectivity index (χ1n) is 3.33. The minimum absolute atomic E-state index is 0.0258. The van der Waals surface area contributed by atoms with Crippen molar-refractivity contribution in [2.24, 2.45) is 5.73 Å². The lowest BCUT2D eigenvalue weighted by atomic mass is 10.4. The van der Waals surface area contributed by atoms with Gasteiger partial charge in [-0.3, -0.25) is 15.0 Å². The van der Waals surface area contributed by atoms with Crippen molar-refractivity contribution in [3.63, 3.8) is 0 Å². The van der Waals surface area contributed by atoms with Crippen molar-refractivity contribution < 1.29 is 9.59 Å². The predicted molar refractivity (Wildman–Crippen MR) is 42.6 cm³/mol. The zero-order valence-corrected chi connectivity index (χ0v) is 6.60. The van der Waals surface area contributed by atoms with Gasteiger partial charge in [0, 0.05) is 0 Å². The van der Waals surface area contributed by atoms with Crippen LogP contribution < -0.4 is 16.9 Å². The first-order chi connectivity index (χ1) is 6.09. The van der Waals surface area contributed by atoms with Gasteiger partial charge in [0.1, 0.15) is 12.7 Å². The second kappa shape index (κ2) is 3.52. The fourth-order valence-corrected chi connectivity index (χ4v) is 0.662. The van der Waals surface area contributed by atoms with E-state index in [2.05, 4.69) is 15.6 Å². The Morgan fingerprint density at radius 2 is 2.31 bits per heavy atom. The molecule has 0 radical (unpaired) electrons. The van der Waals surface area contributed by atoms with Crippen molar-refractivity contribution >= 4 is 17.8 Å². The highest BCUT2D eigenvalue weighted by Crippen LogP contribution is 1.91. The Kier molecular flexibility index (Phi) is 2.43. The summed E-state index contributed by atoms with van der Waals surface area (Å²) < 4.78 is 1.09. The summed E-state index contributed by atoms with van der Waals surface area (Å²) in [7, 11) is 0. The lowest BCUT2D eigenvalue weighted by molar-refractivity contribution is -0.125. The van der Waals surface area contributed by atoms with Crippen molar-refractivity contribution in [3.05, 3.63) is 6.33 Å². The Morgan fingerprint density at radius 1 is 1.62 bits per heavy atom. The van der Waals surface area contributed by atoms with Crippen LogP contribution in [0.3, 0.4) is 0 Å². The number of carbonyl (C=O) groups is 2. The monoisotopic (exact) mass is 184 g/mol. The SMILES string of the molecule is NC(=O)CC(=O)Nn1cnnc1N. The van der Waals surface area contributed by atoms with Gasteiger partial charge in [-0.2, -0.15) is 0 Å². The van der Waals surface area contributed by atoms with Gasteiger partial charge in [-0.1, -0.05) is 0 Å². The molecule has 8 heteroatoms. The molecule has 13 heavy (non-hydrogen) atoms. The van der Waals surface area contributed by atoms with E-state index in [4.69, 9.17) is 11.5 Å². The summed E-state index contributed by atoms with van der Waals surface area (Å²) in [6.45, 7) is 0. The molecule has 0 aliphatic heterocycles. The predicted octanol–water partition coefficient (Wildman–Crippen LogP) is -2.19. The van der Waals surface area contributed by atoms with E-state index >= 15 is 0 Å². The van der Waals surface area contributed by atoms with Crippen molar-refractivity contribution in [2.75, 3.05) is 11.2 Å². The third-order valence-corrected chi connectivity index (χ3v) is 1.15. The molecule has 2 amide bonds. The Hall–Kier alpha value is -2.12. The number of nitrogens with zero attached hydrogens (tertiary/aromatic N) is 3. The Labute approximate surface area is 72.9 Å². The Balaban J connectivity index is 2.55. The van der Waals surface area contributed by atoms with Crippen molar-refractivity contribution in [1.82, 2.24) is 14.9 Å². The van der Waals surface area contributed by atoms with Crippen molar-refractivity contribution in [2.45, 2.75) is 6.42 Å². The van der Waals surface area contributed by atoms with Crippen LogP contribution in [-0.2, 0) is 9.59 Å². The van der Waals surface area contributed by atoms with Crippen molar-refractivity contribution in [1.29, 1.82) is 0 Å². The maximum atomic E-state index is 10.9. The summed E-state index contributed by atoms with van der Waals surface area (Å²) in [5.74, 6) is -1.26. The molecule has 8 nitrogen and oxygen atoms in total. The highest BCUT2D eigenvalue weighted by molar-refractivity contribution is 5.99. The molecule has 0 aliphatic rings. The molecule has 0 aromatic carbocycles. The number of anilines is 1. The summed E-state index contributed by atoms with van der Waals surface area (Å²) in [6.07, 6.45) is 0.797. The Bertz CT molecular complexity index is 332. The van der Waals surface area contributed by atoms with Gasteiger partial charge in [0.15, 0.2) is 0 Å². The number of nitrogen functional groups attached to an aromatic ring is 1. The van der Waals surface area contributed by atoms with Gasteiger partial charge in [-0.15, -0.1) is 10.2 Å². The number of primary amides is 1. The lowest BCUT2D eigenvalue weighted by Crippen LogP contribution is -2.28. The number of hydrogen-bond donors (Lipinski definition) is 3. The van der Waals surface area contributed by atoms with E-state index in [-0.39, 0.29) is 5.95 Å². The lowest BCUT2D eigenvalue weighted by Gasteiger charge is -2.03. The number of nitrogens with two attached hydrogens (primary N) is 2. The molecule has 70 valence electrons. The van der Waals surface area contributed by atoms with Gasteiger partial charge >= 0.3 is 0 Å².